The number of aryl methyl sites for hydroxylation is 2. The smallest absolute Gasteiger partial charge is 0.260 e. The Balaban J connectivity index is 1.39. The summed E-state index contributed by atoms with van der Waals surface area (Å²) in [6.45, 7) is 6.36. The van der Waals surface area contributed by atoms with E-state index in [1.165, 1.54) is 28.1 Å². The van der Waals surface area contributed by atoms with E-state index in [2.05, 4.69) is 109 Å². The zero-order chi connectivity index (χ0) is 22.9. The fourth-order valence-electron chi connectivity index (χ4n) is 4.34. The molecule has 1 aliphatic heterocycles. The molecule has 1 aromatic heterocycles. The van der Waals surface area contributed by atoms with Crippen molar-refractivity contribution in [3.8, 4) is 5.69 Å². The number of amides is 1. The maximum atomic E-state index is 12.7. The number of anilines is 1. The van der Waals surface area contributed by atoms with Gasteiger partial charge in [0.15, 0.2) is 5.50 Å². The predicted molar refractivity (Wildman–Crippen MR) is 140 cm³/mol. The lowest BCUT2D eigenvalue weighted by Crippen LogP contribution is -2.30. The maximum absolute atomic E-state index is 12.7. The Kier molecular flexibility index (Phi) is 5.73. The molecule has 0 spiro atoms. The summed E-state index contributed by atoms with van der Waals surface area (Å²) in [4.78, 5) is 13.4. The Morgan fingerprint density at radius 1 is 1.00 bits per heavy atom. The molecule has 1 fully saturated rings. The highest BCUT2D eigenvalue weighted by Crippen LogP contribution is 2.32. The third-order valence-corrected chi connectivity index (χ3v) is 7.17. The lowest BCUT2D eigenvalue weighted by molar-refractivity contribution is -0.116. The van der Waals surface area contributed by atoms with Crippen molar-refractivity contribution in [2.75, 3.05) is 5.32 Å². The molecule has 2 N–H and O–H groups in total. The highest BCUT2D eigenvalue weighted by Gasteiger charge is 2.27. The number of carbonyl (C=O) groups is 1. The molecule has 166 valence electrons. The normalized spacial score (nSPS) is 17.0. The molecule has 1 aliphatic rings. The van der Waals surface area contributed by atoms with Gasteiger partial charge in [0.25, 0.3) is 5.91 Å². The maximum Gasteiger partial charge on any atom is 0.260 e. The average molecular weight is 454 g/mol. The first-order valence-corrected chi connectivity index (χ1v) is 12.1. The lowest BCUT2D eigenvalue weighted by Gasteiger charge is -2.13. The molecule has 5 rings (SSSR count). The van der Waals surface area contributed by atoms with Crippen LogP contribution in [0, 0.1) is 13.8 Å². The molecule has 1 saturated heterocycles. The van der Waals surface area contributed by atoms with Crippen molar-refractivity contribution in [1.29, 1.82) is 0 Å². The van der Waals surface area contributed by atoms with Gasteiger partial charge in [-0.3, -0.25) is 4.79 Å². The van der Waals surface area contributed by atoms with Gasteiger partial charge >= 0.3 is 0 Å². The predicted octanol–water partition coefficient (Wildman–Crippen LogP) is 6.41. The van der Waals surface area contributed by atoms with Gasteiger partial charge in [0.1, 0.15) is 0 Å². The van der Waals surface area contributed by atoms with Crippen LogP contribution in [-0.4, -0.2) is 16.0 Å². The number of rotatable bonds is 5. The van der Waals surface area contributed by atoms with E-state index in [0.29, 0.717) is 0 Å². The van der Waals surface area contributed by atoms with Gasteiger partial charge in [-0.05, 0) is 78.6 Å². The molecule has 0 unspecified atom stereocenters. The standard InChI is InChI=1S/C28H27N3OS/c1-4-20-9-12-24(13-10-20)29-28-30-27(32)26(33-28)17-23-15-18(2)31(19(23)3)25-14-11-21-7-5-6-8-22(21)16-25/h5-17,28-29H,4H2,1-3H3,(H,30,32)/b26-17-/t28-/m0/s1. The number of nitrogens with one attached hydrogen (secondary N) is 2. The van der Waals surface area contributed by atoms with E-state index in [-0.39, 0.29) is 11.4 Å². The molecule has 3 aromatic carbocycles. The van der Waals surface area contributed by atoms with Gasteiger partial charge in [-0.25, -0.2) is 0 Å². The Labute approximate surface area is 198 Å². The van der Waals surface area contributed by atoms with Crippen LogP contribution in [0.25, 0.3) is 22.5 Å². The second-order valence-electron chi connectivity index (χ2n) is 8.37. The van der Waals surface area contributed by atoms with E-state index in [4.69, 9.17) is 0 Å². The molecule has 4 aromatic rings. The van der Waals surface area contributed by atoms with Crippen LogP contribution in [0.1, 0.15) is 29.4 Å². The van der Waals surface area contributed by atoms with E-state index in [0.717, 1.165) is 39.7 Å². The lowest BCUT2D eigenvalue weighted by atomic mass is 10.1. The van der Waals surface area contributed by atoms with Crippen LogP contribution < -0.4 is 10.6 Å². The van der Waals surface area contributed by atoms with Crippen molar-refractivity contribution in [2.24, 2.45) is 0 Å². The van der Waals surface area contributed by atoms with Crippen LogP contribution in [0.15, 0.2) is 77.7 Å². The van der Waals surface area contributed by atoms with Gasteiger partial charge in [0, 0.05) is 22.8 Å². The number of carbonyl (C=O) groups excluding carboxylic acids is 1. The summed E-state index contributed by atoms with van der Waals surface area (Å²) in [6, 6.07) is 25.4. The molecule has 0 saturated carbocycles. The molecule has 33 heavy (non-hydrogen) atoms. The van der Waals surface area contributed by atoms with Crippen LogP contribution in [0.2, 0.25) is 0 Å². The van der Waals surface area contributed by atoms with Gasteiger partial charge in [-0.1, -0.05) is 61.2 Å². The molecule has 0 bridgehead atoms. The Bertz CT molecular complexity index is 1370. The van der Waals surface area contributed by atoms with Crippen LogP contribution in [-0.2, 0) is 11.2 Å². The first kappa shape index (κ1) is 21.4. The van der Waals surface area contributed by atoms with Crippen molar-refractivity contribution < 1.29 is 4.79 Å². The third kappa shape index (κ3) is 4.29. The first-order valence-electron chi connectivity index (χ1n) is 11.2. The van der Waals surface area contributed by atoms with Crippen LogP contribution in [0.5, 0.6) is 0 Å². The van der Waals surface area contributed by atoms with Gasteiger partial charge in [-0.2, -0.15) is 0 Å². The Morgan fingerprint density at radius 3 is 2.52 bits per heavy atom. The highest BCUT2D eigenvalue weighted by molar-refractivity contribution is 8.05. The zero-order valence-corrected chi connectivity index (χ0v) is 19.9. The Hall–Kier alpha value is -3.44. The fourth-order valence-corrected chi connectivity index (χ4v) is 5.32. The highest BCUT2D eigenvalue weighted by atomic mass is 32.2. The number of hydrogen-bond acceptors (Lipinski definition) is 3. The van der Waals surface area contributed by atoms with E-state index < -0.39 is 0 Å². The summed E-state index contributed by atoms with van der Waals surface area (Å²) in [5, 5.41) is 8.88. The van der Waals surface area contributed by atoms with Crippen LogP contribution in [0.4, 0.5) is 5.69 Å². The summed E-state index contributed by atoms with van der Waals surface area (Å²) in [7, 11) is 0. The topological polar surface area (TPSA) is 46.1 Å². The van der Waals surface area contributed by atoms with Crippen molar-refractivity contribution in [2.45, 2.75) is 32.7 Å². The molecule has 1 atom stereocenters. The fraction of sp³-hybridized carbons (Fsp3) is 0.179. The van der Waals surface area contributed by atoms with Crippen molar-refractivity contribution in [3.63, 3.8) is 0 Å². The van der Waals surface area contributed by atoms with E-state index >= 15 is 0 Å². The first-order chi connectivity index (χ1) is 16.0. The molecular weight excluding hydrogens is 426 g/mol. The molecule has 0 radical (unpaired) electrons. The van der Waals surface area contributed by atoms with Crippen molar-refractivity contribution >= 4 is 40.2 Å². The van der Waals surface area contributed by atoms with Gasteiger partial charge in [0.2, 0.25) is 0 Å². The minimum absolute atomic E-state index is 0.0433. The van der Waals surface area contributed by atoms with E-state index in [1.807, 2.05) is 6.08 Å². The summed E-state index contributed by atoms with van der Waals surface area (Å²) < 4.78 is 2.25. The number of nitrogens with zero attached hydrogens (tertiary/aromatic N) is 1. The second kappa shape index (κ2) is 8.83. The third-order valence-electron chi connectivity index (χ3n) is 6.14. The number of benzene rings is 3. The van der Waals surface area contributed by atoms with Crippen molar-refractivity contribution in [1.82, 2.24) is 9.88 Å². The zero-order valence-electron chi connectivity index (χ0n) is 19.1. The van der Waals surface area contributed by atoms with Gasteiger partial charge < -0.3 is 15.2 Å². The van der Waals surface area contributed by atoms with Crippen molar-refractivity contribution in [3.05, 3.63) is 100 Å². The van der Waals surface area contributed by atoms with Crippen LogP contribution >= 0.6 is 11.8 Å². The summed E-state index contributed by atoms with van der Waals surface area (Å²) in [5.41, 5.74) is 6.57. The quantitative estimate of drug-likeness (QED) is 0.343. The molecule has 2 heterocycles. The SMILES string of the molecule is CCc1ccc(N[C@H]2NC(=O)/C(=C/c3cc(C)n(-c4ccc5ccccc5c4)c3C)S2)cc1. The summed E-state index contributed by atoms with van der Waals surface area (Å²) >= 11 is 1.52. The van der Waals surface area contributed by atoms with E-state index in [9.17, 15) is 4.79 Å². The molecule has 5 heteroatoms. The monoisotopic (exact) mass is 453 g/mol. The largest absolute Gasteiger partial charge is 0.357 e. The Morgan fingerprint density at radius 2 is 1.76 bits per heavy atom. The van der Waals surface area contributed by atoms with E-state index in [1.54, 1.807) is 0 Å². The molecular formula is C28H27N3OS. The minimum atomic E-state index is -0.180. The second-order valence-corrected chi connectivity index (χ2v) is 9.52. The number of thioether (sulfide) groups is 1. The number of hydrogen-bond donors (Lipinski definition) is 2. The average Bonchev–Trinajstić information content (AvgIpc) is 3.31. The number of aromatic nitrogens is 1. The van der Waals surface area contributed by atoms with Crippen LogP contribution in [0.3, 0.4) is 0 Å². The van der Waals surface area contributed by atoms with Gasteiger partial charge in [-0.15, -0.1) is 0 Å². The summed E-state index contributed by atoms with van der Waals surface area (Å²) in [5.74, 6) is -0.0433. The number of fused-ring (bicyclic) bond motifs is 1. The molecule has 4 nitrogen and oxygen atoms in total. The van der Waals surface area contributed by atoms with Gasteiger partial charge in [0.05, 0.1) is 4.91 Å². The molecule has 1 amide bonds. The minimum Gasteiger partial charge on any atom is -0.357 e. The summed E-state index contributed by atoms with van der Waals surface area (Å²) in [6.07, 6.45) is 3.02. The molecule has 0 aliphatic carbocycles.